The molecule has 3 aromatic carbocycles. The number of para-hydroxylation sites is 1. The summed E-state index contributed by atoms with van der Waals surface area (Å²) in [6, 6.07) is 26.4. The predicted octanol–water partition coefficient (Wildman–Crippen LogP) is 3.99. The van der Waals surface area contributed by atoms with E-state index in [1.807, 2.05) is 91.0 Å². The number of carbonyl (C=O) groups is 1. The Morgan fingerprint density at radius 3 is 2.39 bits per heavy atom. The number of esters is 1. The van der Waals surface area contributed by atoms with Crippen LogP contribution in [0.25, 0.3) is 6.08 Å². The van der Waals surface area contributed by atoms with Gasteiger partial charge in [0.1, 0.15) is 12.4 Å². The van der Waals surface area contributed by atoms with Gasteiger partial charge in [0.25, 0.3) is 5.56 Å². The van der Waals surface area contributed by atoms with E-state index in [1.54, 1.807) is 11.5 Å². The molecule has 1 aromatic heterocycles. The summed E-state index contributed by atoms with van der Waals surface area (Å²) in [4.78, 5) is 31.6. The second kappa shape index (κ2) is 10.2. The van der Waals surface area contributed by atoms with Crippen molar-refractivity contribution in [2.24, 2.45) is 4.99 Å². The first-order chi connectivity index (χ1) is 17.6. The molecule has 0 aliphatic carbocycles. The van der Waals surface area contributed by atoms with Crippen LogP contribution in [0.3, 0.4) is 0 Å². The Bertz CT molecular complexity index is 1620. The van der Waals surface area contributed by atoms with Gasteiger partial charge in [-0.25, -0.2) is 9.79 Å². The third-order valence-corrected chi connectivity index (χ3v) is 6.97. The lowest BCUT2D eigenvalue weighted by Gasteiger charge is -2.24. The minimum absolute atomic E-state index is 0.223. The molecule has 1 aliphatic rings. The van der Waals surface area contributed by atoms with E-state index in [0.29, 0.717) is 33.0 Å². The molecule has 2 heterocycles. The summed E-state index contributed by atoms with van der Waals surface area (Å²) in [6.45, 7) is 2.19. The van der Waals surface area contributed by atoms with Crippen molar-refractivity contribution in [1.29, 1.82) is 0 Å². The SMILES string of the molecule is COC(=O)C1=C(C)N=c2s/c(=C\c3ccccc3OCc3ccccc3)c(=O)n2[C@@H]1c1ccccc1. The summed E-state index contributed by atoms with van der Waals surface area (Å²) >= 11 is 1.29. The number of carbonyl (C=O) groups excluding carboxylic acids is 1. The molecule has 0 amide bonds. The van der Waals surface area contributed by atoms with Gasteiger partial charge >= 0.3 is 5.97 Å². The predicted molar refractivity (Wildman–Crippen MR) is 139 cm³/mol. The fourth-order valence-electron chi connectivity index (χ4n) is 4.25. The molecule has 0 saturated heterocycles. The van der Waals surface area contributed by atoms with Crippen LogP contribution in [0, 0.1) is 0 Å². The molecular formula is C29H24N2O4S. The van der Waals surface area contributed by atoms with E-state index in [1.165, 1.54) is 18.4 Å². The van der Waals surface area contributed by atoms with E-state index >= 15 is 0 Å². The van der Waals surface area contributed by atoms with Crippen LogP contribution in [0.15, 0.2) is 106 Å². The van der Waals surface area contributed by atoms with E-state index in [9.17, 15) is 9.59 Å². The highest BCUT2D eigenvalue weighted by Crippen LogP contribution is 2.30. The van der Waals surface area contributed by atoms with Crippen molar-refractivity contribution in [3.63, 3.8) is 0 Å². The molecule has 1 aliphatic heterocycles. The number of hydrogen-bond acceptors (Lipinski definition) is 6. The standard InChI is InChI=1S/C29H24N2O4S/c1-19-25(28(33)34-2)26(21-13-7-4-8-14-21)31-27(32)24(36-29(31)30-19)17-22-15-9-10-16-23(22)35-18-20-11-5-3-6-12-20/h3-17,26H,18H2,1-2H3/b24-17-/t26-/m1/s1. The van der Waals surface area contributed by atoms with Gasteiger partial charge in [-0.15, -0.1) is 0 Å². The molecule has 4 aromatic rings. The fourth-order valence-corrected chi connectivity index (χ4v) is 5.29. The molecule has 180 valence electrons. The van der Waals surface area contributed by atoms with Gasteiger partial charge < -0.3 is 9.47 Å². The molecule has 5 rings (SSSR count). The van der Waals surface area contributed by atoms with Gasteiger partial charge in [-0.2, -0.15) is 0 Å². The Hall–Kier alpha value is -4.23. The lowest BCUT2D eigenvalue weighted by Crippen LogP contribution is -2.39. The highest BCUT2D eigenvalue weighted by molar-refractivity contribution is 7.07. The molecule has 0 spiro atoms. The van der Waals surface area contributed by atoms with Crippen LogP contribution in [0.5, 0.6) is 5.75 Å². The molecule has 0 unspecified atom stereocenters. The Morgan fingerprint density at radius 2 is 1.67 bits per heavy atom. The van der Waals surface area contributed by atoms with Crippen molar-refractivity contribution < 1.29 is 14.3 Å². The number of rotatable bonds is 6. The zero-order valence-corrected chi connectivity index (χ0v) is 20.7. The lowest BCUT2D eigenvalue weighted by atomic mass is 9.96. The monoisotopic (exact) mass is 496 g/mol. The van der Waals surface area contributed by atoms with Crippen molar-refractivity contribution in [2.75, 3.05) is 7.11 Å². The smallest absolute Gasteiger partial charge is 0.338 e. The highest BCUT2D eigenvalue weighted by atomic mass is 32.1. The largest absolute Gasteiger partial charge is 0.488 e. The number of thiazole rings is 1. The molecule has 1 atom stereocenters. The number of nitrogens with zero attached hydrogens (tertiary/aromatic N) is 2. The van der Waals surface area contributed by atoms with Crippen LogP contribution in [-0.2, 0) is 16.1 Å². The van der Waals surface area contributed by atoms with Crippen LogP contribution in [0.1, 0.15) is 29.7 Å². The Labute approximate surface area is 212 Å². The van der Waals surface area contributed by atoms with E-state index < -0.39 is 12.0 Å². The molecule has 36 heavy (non-hydrogen) atoms. The third kappa shape index (κ3) is 4.53. The van der Waals surface area contributed by atoms with Gasteiger partial charge in [0.05, 0.1) is 29.0 Å². The topological polar surface area (TPSA) is 69.9 Å². The van der Waals surface area contributed by atoms with Crippen molar-refractivity contribution in [1.82, 2.24) is 4.57 Å². The van der Waals surface area contributed by atoms with Crippen LogP contribution in [-0.4, -0.2) is 17.6 Å². The first kappa shape index (κ1) is 23.5. The second-order valence-corrected chi connectivity index (χ2v) is 9.31. The zero-order valence-electron chi connectivity index (χ0n) is 19.9. The minimum atomic E-state index is -0.623. The van der Waals surface area contributed by atoms with Gasteiger partial charge in [-0.05, 0) is 30.2 Å². The highest BCUT2D eigenvalue weighted by Gasteiger charge is 2.32. The molecule has 0 radical (unpaired) electrons. The van der Waals surface area contributed by atoms with Gasteiger partial charge in [-0.1, -0.05) is 90.2 Å². The molecule has 0 fully saturated rings. The molecule has 7 heteroatoms. The van der Waals surface area contributed by atoms with Crippen molar-refractivity contribution in [3.8, 4) is 5.75 Å². The number of allylic oxidation sites excluding steroid dienone is 1. The Morgan fingerprint density at radius 1 is 1.00 bits per heavy atom. The molecule has 0 bridgehead atoms. The number of fused-ring (bicyclic) bond motifs is 1. The molecule has 0 N–H and O–H groups in total. The van der Waals surface area contributed by atoms with Crippen LogP contribution < -0.4 is 19.6 Å². The lowest BCUT2D eigenvalue weighted by molar-refractivity contribution is -0.136. The maximum Gasteiger partial charge on any atom is 0.338 e. The molecule has 0 saturated carbocycles. The maximum absolute atomic E-state index is 13.7. The van der Waals surface area contributed by atoms with Gasteiger partial charge in [0, 0.05) is 5.56 Å². The Balaban J connectivity index is 1.61. The fraction of sp³-hybridized carbons (Fsp3) is 0.138. The van der Waals surface area contributed by atoms with E-state index in [4.69, 9.17) is 9.47 Å². The van der Waals surface area contributed by atoms with E-state index in [-0.39, 0.29) is 5.56 Å². The Kier molecular flexibility index (Phi) is 6.64. The number of hydrogen-bond donors (Lipinski definition) is 0. The average molecular weight is 497 g/mol. The van der Waals surface area contributed by atoms with Crippen molar-refractivity contribution in [3.05, 3.63) is 133 Å². The van der Waals surface area contributed by atoms with Crippen LogP contribution in [0.2, 0.25) is 0 Å². The second-order valence-electron chi connectivity index (χ2n) is 8.30. The zero-order chi connectivity index (χ0) is 25.1. The van der Waals surface area contributed by atoms with Crippen LogP contribution >= 0.6 is 11.3 Å². The first-order valence-corrected chi connectivity index (χ1v) is 12.3. The summed E-state index contributed by atoms with van der Waals surface area (Å²) < 4.78 is 13.2. The summed E-state index contributed by atoms with van der Waals surface area (Å²) in [5, 5.41) is 0. The van der Waals surface area contributed by atoms with E-state index in [0.717, 1.165) is 16.7 Å². The van der Waals surface area contributed by atoms with Crippen molar-refractivity contribution in [2.45, 2.75) is 19.6 Å². The number of aromatic nitrogens is 1. The molecule has 6 nitrogen and oxygen atoms in total. The molecular weight excluding hydrogens is 472 g/mol. The maximum atomic E-state index is 13.7. The normalized spacial score (nSPS) is 15.3. The quantitative estimate of drug-likeness (QED) is 0.379. The number of ether oxygens (including phenoxy) is 2. The van der Waals surface area contributed by atoms with Crippen molar-refractivity contribution >= 4 is 23.4 Å². The third-order valence-electron chi connectivity index (χ3n) is 5.99. The van der Waals surface area contributed by atoms with Gasteiger partial charge in [0.15, 0.2) is 4.80 Å². The minimum Gasteiger partial charge on any atom is -0.488 e. The first-order valence-electron chi connectivity index (χ1n) is 11.5. The van der Waals surface area contributed by atoms with E-state index in [2.05, 4.69) is 4.99 Å². The summed E-state index contributed by atoms with van der Waals surface area (Å²) in [6.07, 6.45) is 1.82. The summed E-state index contributed by atoms with van der Waals surface area (Å²) in [5.41, 5.74) is 3.33. The van der Waals surface area contributed by atoms with Gasteiger partial charge in [-0.3, -0.25) is 9.36 Å². The summed E-state index contributed by atoms with van der Waals surface area (Å²) in [7, 11) is 1.34. The van der Waals surface area contributed by atoms with Crippen LogP contribution in [0.4, 0.5) is 0 Å². The number of benzene rings is 3. The summed E-state index contributed by atoms with van der Waals surface area (Å²) in [5.74, 6) is 0.178. The van der Waals surface area contributed by atoms with Gasteiger partial charge in [0.2, 0.25) is 0 Å². The average Bonchev–Trinajstić information content (AvgIpc) is 3.22. The number of methoxy groups -OCH3 is 1.